The van der Waals surface area contributed by atoms with E-state index >= 15 is 8.78 Å². The van der Waals surface area contributed by atoms with Gasteiger partial charge < -0.3 is 40.2 Å². The molecule has 5 N–H and O–H groups in total. The van der Waals surface area contributed by atoms with Gasteiger partial charge in [-0.25, -0.2) is 33.0 Å². The van der Waals surface area contributed by atoms with Crippen molar-refractivity contribution in [1.82, 2.24) is 41.1 Å². The highest BCUT2D eigenvalue weighted by molar-refractivity contribution is 5.87. The van der Waals surface area contributed by atoms with Crippen LogP contribution in [0.5, 0.6) is 0 Å². The molecule has 0 radical (unpaired) electrons. The van der Waals surface area contributed by atoms with E-state index in [1.165, 1.54) is 24.3 Å². The fourth-order valence-electron chi connectivity index (χ4n) is 8.30. The Labute approximate surface area is 434 Å². The molecule has 4 aromatic rings. The average Bonchev–Trinajstić information content (AvgIpc) is 4.00. The molecule has 0 spiro atoms. The number of morpholine rings is 1. The van der Waals surface area contributed by atoms with Crippen molar-refractivity contribution in [3.8, 4) is 23.0 Å². The third-order valence-corrected chi connectivity index (χ3v) is 13.2. The summed E-state index contributed by atoms with van der Waals surface area (Å²) >= 11 is 0. The van der Waals surface area contributed by atoms with Crippen molar-refractivity contribution in [3.05, 3.63) is 101 Å². The molecule has 77 heavy (non-hydrogen) atoms. The molecule has 27 heteroatoms. The number of rotatable bonds is 18. The lowest BCUT2D eigenvalue weighted by molar-refractivity contribution is -0.239. The second kappa shape index (κ2) is 24.0. The number of hydrogen-bond donors (Lipinski definition) is 5. The largest absolute Gasteiger partial charge is 0.453 e. The number of benzene rings is 2. The van der Waals surface area contributed by atoms with Crippen LogP contribution in [-0.2, 0) is 36.8 Å². The van der Waals surface area contributed by atoms with Crippen LogP contribution in [-0.4, -0.2) is 132 Å². The molecular weight excluding hydrogens is 1040 g/mol. The topological polar surface area (TPSA) is 202 Å². The molecule has 2 aliphatic heterocycles. The van der Waals surface area contributed by atoms with Crippen molar-refractivity contribution in [2.24, 2.45) is 10.8 Å². The Hall–Kier alpha value is -7.18. The van der Waals surface area contributed by atoms with Crippen LogP contribution in [0.1, 0.15) is 69.3 Å². The van der Waals surface area contributed by atoms with Gasteiger partial charge in [-0.1, -0.05) is 24.0 Å². The third-order valence-electron chi connectivity index (χ3n) is 13.2. The van der Waals surface area contributed by atoms with E-state index in [0.29, 0.717) is 69.1 Å². The van der Waals surface area contributed by atoms with Crippen LogP contribution in [0.2, 0.25) is 0 Å². The smallest absolute Gasteiger partial charge is 0.407 e. The van der Waals surface area contributed by atoms with Gasteiger partial charge in [0.2, 0.25) is 5.91 Å². The molecule has 0 unspecified atom stereocenters. The molecule has 0 aliphatic carbocycles. The Morgan fingerprint density at radius 3 is 1.96 bits per heavy atom. The number of hydrazine groups is 1. The maximum Gasteiger partial charge on any atom is 0.407 e. The molecule has 6 atom stereocenters. The van der Waals surface area contributed by atoms with Gasteiger partial charge >= 0.3 is 31.1 Å². The molecule has 17 nitrogen and oxygen atoms in total. The number of methoxy groups -OCH3 is 1. The zero-order chi connectivity index (χ0) is 56.8. The zero-order valence-electron chi connectivity index (χ0n) is 42.2. The summed E-state index contributed by atoms with van der Waals surface area (Å²) in [6, 6.07) is 6.77. The fourth-order valence-corrected chi connectivity index (χ4v) is 8.30. The number of aliphatic hydroxyl groups excluding tert-OH is 1. The second-order valence-electron chi connectivity index (χ2n) is 19.4. The number of pyridine rings is 1. The van der Waals surface area contributed by atoms with E-state index in [-0.39, 0.29) is 33.6 Å². The van der Waals surface area contributed by atoms with Gasteiger partial charge in [-0.15, -0.1) is 0 Å². The summed E-state index contributed by atoms with van der Waals surface area (Å²) < 4.78 is 161. The summed E-state index contributed by atoms with van der Waals surface area (Å²) in [5, 5.41) is 22.0. The summed E-state index contributed by atoms with van der Waals surface area (Å²) in [7, 11) is 1.79. The van der Waals surface area contributed by atoms with E-state index in [9.17, 15) is 59.4 Å². The van der Waals surface area contributed by atoms with Crippen LogP contribution in [0, 0.1) is 34.3 Å². The summed E-state index contributed by atoms with van der Waals surface area (Å²) in [4.78, 5) is 59.4. The highest BCUT2D eigenvalue weighted by atomic mass is 19.4. The number of nitrogens with one attached hydrogen (secondary N) is 4. The van der Waals surface area contributed by atoms with Gasteiger partial charge in [-0.3, -0.25) is 15.0 Å². The van der Waals surface area contributed by atoms with Crippen molar-refractivity contribution in [2.45, 2.75) is 109 Å². The van der Waals surface area contributed by atoms with Crippen LogP contribution in [0.15, 0.2) is 67.1 Å². The molecule has 0 saturated carbocycles. The number of fused-ring (bicyclic) bond motifs is 2. The maximum atomic E-state index is 16.0. The van der Waals surface area contributed by atoms with E-state index in [1.54, 1.807) is 12.3 Å². The average molecular weight is 1100 g/mol. The Morgan fingerprint density at radius 2 is 1.43 bits per heavy atom. The first kappa shape index (κ1) is 59.1. The lowest BCUT2D eigenvalue weighted by Gasteiger charge is -2.37. The van der Waals surface area contributed by atoms with Gasteiger partial charge in [0, 0.05) is 67.9 Å². The van der Waals surface area contributed by atoms with Crippen LogP contribution in [0.4, 0.5) is 59.3 Å². The maximum absolute atomic E-state index is 16.0. The van der Waals surface area contributed by atoms with Crippen molar-refractivity contribution in [1.29, 1.82) is 0 Å². The lowest BCUT2D eigenvalue weighted by Crippen LogP contribution is -2.62. The van der Waals surface area contributed by atoms with E-state index in [2.05, 4.69) is 36.9 Å². The van der Waals surface area contributed by atoms with E-state index in [4.69, 9.17) is 9.47 Å². The predicted octanol–water partition coefficient (Wildman–Crippen LogP) is 6.93. The summed E-state index contributed by atoms with van der Waals surface area (Å²) in [5.41, 5.74) is -4.38. The number of carbonyl (C=O) groups excluding carboxylic acids is 4. The van der Waals surface area contributed by atoms with Crippen molar-refractivity contribution in [2.75, 3.05) is 38.7 Å². The molecule has 2 fully saturated rings. The molecule has 2 aliphatic rings. The van der Waals surface area contributed by atoms with E-state index < -0.39 is 115 Å². The monoisotopic (exact) mass is 1100 g/mol. The van der Waals surface area contributed by atoms with Gasteiger partial charge in [0.1, 0.15) is 28.9 Å². The molecule has 2 aromatic heterocycles. The fraction of sp³-hybridized carbons (Fsp3) is 0.480. The Morgan fingerprint density at radius 1 is 0.831 bits per heavy atom. The first-order valence-corrected chi connectivity index (χ1v) is 23.7. The molecule has 6 rings (SSSR count). The van der Waals surface area contributed by atoms with Crippen LogP contribution in [0.3, 0.4) is 0 Å². The van der Waals surface area contributed by atoms with E-state index in [0.717, 1.165) is 45.2 Å². The number of anilines is 1. The first-order chi connectivity index (χ1) is 36.0. The van der Waals surface area contributed by atoms with Crippen molar-refractivity contribution >= 4 is 29.8 Å². The Balaban J connectivity index is 1.34. The number of carbonyl (C=O) groups is 4. The van der Waals surface area contributed by atoms with Crippen molar-refractivity contribution < 1.29 is 82.4 Å². The predicted molar refractivity (Wildman–Crippen MR) is 254 cm³/mol. The number of amides is 4. The van der Waals surface area contributed by atoms with Gasteiger partial charge in [0.05, 0.1) is 43.1 Å². The summed E-state index contributed by atoms with van der Waals surface area (Å²) in [6.45, 7) is -1.80. The number of halogens is 10. The second-order valence-corrected chi connectivity index (χ2v) is 19.4. The first-order valence-electron chi connectivity index (χ1n) is 23.7. The zero-order valence-corrected chi connectivity index (χ0v) is 42.2. The van der Waals surface area contributed by atoms with Gasteiger partial charge in [0.25, 0.3) is 5.91 Å². The Bertz CT molecular complexity index is 2770. The van der Waals surface area contributed by atoms with Crippen LogP contribution < -0.4 is 26.3 Å². The highest BCUT2D eigenvalue weighted by Gasteiger charge is 2.58. The quantitative estimate of drug-likeness (QED) is 0.0392. The molecule has 4 heterocycles. The minimum absolute atomic E-state index is 0.146. The number of aromatic nitrogens is 3. The number of nitrogens with zero attached hydrogens (tertiary/aromatic N) is 5. The number of aliphatic hydroxyl groups is 1. The number of alkyl halides is 8. The van der Waals surface area contributed by atoms with Crippen molar-refractivity contribution in [3.63, 3.8) is 0 Å². The molecule has 2 saturated heterocycles. The molecule has 4 amide bonds. The van der Waals surface area contributed by atoms with Gasteiger partial charge in [-0.2, -0.15) is 40.2 Å². The minimum atomic E-state index is -5.26. The summed E-state index contributed by atoms with van der Waals surface area (Å²) in [5.74, 6) is 0.599. The third kappa shape index (κ3) is 14.5. The Kier molecular flexibility index (Phi) is 18.4. The SMILES string of the molecule is CNC(=O)O[C@H](C(=O)NN(Cc1c(F)cc(-c2cnn(C(F)F)c2)cc1F)C[C@H](O)[C@H](Cc1ccc(C#Cc2ccc(N3C[C@@H]4CC[C@@H](C3)O4)nc2)cc1)NC(=O)[C@@H](NC(=O)OC)C(C)(C)C(F)(F)F)C(C)(C)C(F)(F)F. The number of alkyl carbamates (subject to hydrolysis) is 2. The van der Waals surface area contributed by atoms with E-state index in [1.807, 2.05) is 22.1 Å². The molecule has 2 aromatic carbocycles. The normalized spacial score (nSPS) is 17.4. The number of ether oxygens (including phenoxy) is 3. The molecular formula is C50H55F10N9O8. The summed E-state index contributed by atoms with van der Waals surface area (Å²) in [6.07, 6.45) is -13.3. The highest BCUT2D eigenvalue weighted by Crippen LogP contribution is 2.43. The lowest BCUT2D eigenvalue weighted by atomic mass is 9.82. The standard InChI is InChI=1S/C50H55F10N9O8/c1-47(2,49(55,56)57)40(65-46(74)75-6)42(71)64-37(17-28-10-7-27(8-11-28)9-12-29-13-16-39(62-20-29)67-23-32-14-15-33(24-67)76-32)38(70)26-68(66-43(72)41(77-45(73)61-5)48(3,4)50(58,59)60)25-34-35(51)18-30(19-36(34)52)31-21-63-69(22-31)44(53)54/h7-8,10-11,13,16,18-22,32-33,37-38,40-41,44,70H,14-15,17,23-26H2,1-6H3,(H,61,73)(H,64,71)(H,65,74)(H,66,72)/t32-,33-,37-,38-,40+,41+/m0/s1. The van der Waals surface area contributed by atoms with Crippen LogP contribution in [0.25, 0.3) is 11.1 Å². The van der Waals surface area contributed by atoms with Gasteiger partial charge in [-0.05, 0) is 94.5 Å². The number of hydrogen-bond acceptors (Lipinski definition) is 12. The van der Waals surface area contributed by atoms with Crippen LogP contribution >= 0.6 is 0 Å². The minimum Gasteiger partial charge on any atom is -0.453 e. The van der Waals surface area contributed by atoms with Gasteiger partial charge in [0.15, 0.2) is 6.10 Å². The molecule has 418 valence electrons. The molecule has 2 bridgehead atoms.